The van der Waals surface area contributed by atoms with E-state index in [4.69, 9.17) is 4.74 Å². The fraction of sp³-hybridized carbons (Fsp3) is 0.278. The summed E-state index contributed by atoms with van der Waals surface area (Å²) in [5.74, 6) is 0.462. The highest BCUT2D eigenvalue weighted by Gasteiger charge is 2.22. The van der Waals surface area contributed by atoms with Crippen LogP contribution in [0.15, 0.2) is 48.5 Å². The van der Waals surface area contributed by atoms with Crippen molar-refractivity contribution < 1.29 is 13.9 Å². The van der Waals surface area contributed by atoms with Crippen molar-refractivity contribution in [3.63, 3.8) is 0 Å². The van der Waals surface area contributed by atoms with Crippen molar-refractivity contribution in [3.8, 4) is 5.75 Å². The fourth-order valence-corrected chi connectivity index (χ4v) is 2.76. The number of hydrogen-bond acceptors (Lipinski definition) is 3. The minimum atomic E-state index is -0.236. The number of amides is 1. The average molecular weight is 314 g/mol. The summed E-state index contributed by atoms with van der Waals surface area (Å²) in [6.07, 6.45) is 0. The molecule has 0 N–H and O–H groups in total. The Morgan fingerprint density at radius 3 is 2.39 bits per heavy atom. The van der Waals surface area contributed by atoms with Gasteiger partial charge in [0, 0.05) is 37.4 Å². The maximum absolute atomic E-state index is 13.0. The highest BCUT2D eigenvalue weighted by Crippen LogP contribution is 2.19. The lowest BCUT2D eigenvalue weighted by Crippen LogP contribution is -2.48. The monoisotopic (exact) mass is 314 g/mol. The Labute approximate surface area is 135 Å². The van der Waals surface area contributed by atoms with Gasteiger partial charge in [0.25, 0.3) is 5.91 Å². The van der Waals surface area contributed by atoms with Crippen LogP contribution in [-0.4, -0.2) is 44.1 Å². The van der Waals surface area contributed by atoms with Crippen LogP contribution in [0.4, 0.5) is 10.1 Å². The zero-order valence-electron chi connectivity index (χ0n) is 13.0. The lowest BCUT2D eigenvalue weighted by atomic mass is 10.1. The van der Waals surface area contributed by atoms with Crippen molar-refractivity contribution in [3.05, 3.63) is 59.9 Å². The number of benzene rings is 2. The van der Waals surface area contributed by atoms with Crippen molar-refractivity contribution in [2.75, 3.05) is 38.2 Å². The molecule has 1 aliphatic rings. The number of carbonyl (C=O) groups is 1. The van der Waals surface area contributed by atoms with Gasteiger partial charge in [-0.15, -0.1) is 0 Å². The minimum Gasteiger partial charge on any atom is -0.497 e. The standard InChI is InChI=1S/C18H19FN2O2/c1-23-17-4-2-3-14(13-17)18(22)21-11-9-20(10-12-21)16-7-5-15(19)6-8-16/h2-8,13H,9-12H2,1H3. The van der Waals surface area contributed by atoms with Crippen molar-refractivity contribution in [1.29, 1.82) is 0 Å². The molecule has 0 bridgehead atoms. The maximum Gasteiger partial charge on any atom is 0.254 e. The lowest BCUT2D eigenvalue weighted by molar-refractivity contribution is 0.0746. The van der Waals surface area contributed by atoms with Crippen LogP contribution in [0, 0.1) is 5.82 Å². The van der Waals surface area contributed by atoms with Crippen molar-refractivity contribution in [2.24, 2.45) is 0 Å². The summed E-state index contributed by atoms with van der Waals surface area (Å²) in [6, 6.07) is 13.7. The van der Waals surface area contributed by atoms with Crippen LogP contribution in [0.25, 0.3) is 0 Å². The molecule has 1 aliphatic heterocycles. The number of rotatable bonds is 3. The first-order chi connectivity index (χ1) is 11.2. The zero-order chi connectivity index (χ0) is 16.2. The van der Waals surface area contributed by atoms with E-state index in [1.807, 2.05) is 17.0 Å². The molecule has 0 radical (unpaired) electrons. The number of anilines is 1. The van der Waals surface area contributed by atoms with Crippen molar-refractivity contribution in [1.82, 2.24) is 4.90 Å². The summed E-state index contributed by atoms with van der Waals surface area (Å²) in [4.78, 5) is 16.6. The van der Waals surface area contributed by atoms with Gasteiger partial charge in [0.1, 0.15) is 11.6 Å². The molecule has 0 unspecified atom stereocenters. The summed E-state index contributed by atoms with van der Waals surface area (Å²) in [7, 11) is 1.59. The van der Waals surface area contributed by atoms with Gasteiger partial charge in [0.05, 0.1) is 7.11 Å². The number of nitrogens with zero attached hydrogens (tertiary/aromatic N) is 2. The topological polar surface area (TPSA) is 32.8 Å². The normalized spacial score (nSPS) is 14.7. The second-order valence-electron chi connectivity index (χ2n) is 5.49. The molecule has 1 amide bonds. The predicted molar refractivity (Wildman–Crippen MR) is 87.5 cm³/mol. The SMILES string of the molecule is COc1cccc(C(=O)N2CCN(c3ccc(F)cc3)CC2)c1. The predicted octanol–water partition coefficient (Wildman–Crippen LogP) is 2.80. The molecule has 23 heavy (non-hydrogen) atoms. The quantitative estimate of drug-likeness (QED) is 0.873. The summed E-state index contributed by atoms with van der Waals surface area (Å²) < 4.78 is 18.2. The molecule has 3 rings (SSSR count). The van der Waals surface area contributed by atoms with E-state index in [1.54, 1.807) is 31.4 Å². The summed E-state index contributed by atoms with van der Waals surface area (Å²) in [5, 5.41) is 0. The van der Waals surface area contributed by atoms with Gasteiger partial charge in [-0.25, -0.2) is 4.39 Å². The van der Waals surface area contributed by atoms with Gasteiger partial charge in [0.15, 0.2) is 0 Å². The van der Waals surface area contributed by atoms with Crippen LogP contribution in [-0.2, 0) is 0 Å². The van der Waals surface area contributed by atoms with Gasteiger partial charge in [0.2, 0.25) is 0 Å². The second kappa shape index (κ2) is 6.69. The van der Waals surface area contributed by atoms with E-state index in [0.29, 0.717) is 24.4 Å². The third kappa shape index (κ3) is 3.44. The van der Waals surface area contributed by atoms with Gasteiger partial charge in [-0.2, -0.15) is 0 Å². The van der Waals surface area contributed by atoms with E-state index in [1.165, 1.54) is 12.1 Å². The first kappa shape index (κ1) is 15.3. The molecule has 4 nitrogen and oxygen atoms in total. The van der Waals surface area contributed by atoms with Crippen molar-refractivity contribution >= 4 is 11.6 Å². The van der Waals surface area contributed by atoms with Crippen molar-refractivity contribution in [2.45, 2.75) is 0 Å². The average Bonchev–Trinajstić information content (AvgIpc) is 2.62. The number of ether oxygens (including phenoxy) is 1. The first-order valence-electron chi connectivity index (χ1n) is 7.61. The van der Waals surface area contributed by atoms with Crippen LogP contribution >= 0.6 is 0 Å². The molecule has 1 heterocycles. The second-order valence-corrected chi connectivity index (χ2v) is 5.49. The van der Waals surface area contributed by atoms with Gasteiger partial charge in [-0.1, -0.05) is 6.07 Å². The van der Waals surface area contributed by atoms with E-state index in [2.05, 4.69) is 4.90 Å². The Morgan fingerprint density at radius 1 is 1.04 bits per heavy atom. The van der Waals surface area contributed by atoms with E-state index in [9.17, 15) is 9.18 Å². The fourth-order valence-electron chi connectivity index (χ4n) is 2.76. The molecule has 0 atom stereocenters. The maximum atomic E-state index is 13.0. The van der Waals surface area contributed by atoms with E-state index < -0.39 is 0 Å². The molecule has 0 aromatic heterocycles. The number of methoxy groups -OCH3 is 1. The molecule has 0 spiro atoms. The van der Waals surface area contributed by atoms with E-state index >= 15 is 0 Å². The molecule has 5 heteroatoms. The van der Waals surface area contributed by atoms with E-state index in [-0.39, 0.29) is 11.7 Å². The number of carbonyl (C=O) groups excluding carboxylic acids is 1. The minimum absolute atomic E-state index is 0.0163. The van der Waals surface area contributed by atoms with Crippen LogP contribution < -0.4 is 9.64 Å². The number of halogens is 1. The molecule has 2 aromatic rings. The third-order valence-electron chi connectivity index (χ3n) is 4.08. The molecule has 1 fully saturated rings. The number of piperazine rings is 1. The Kier molecular flexibility index (Phi) is 4.46. The Balaban J connectivity index is 1.64. The smallest absolute Gasteiger partial charge is 0.254 e. The summed E-state index contributed by atoms with van der Waals surface area (Å²) >= 11 is 0. The summed E-state index contributed by atoms with van der Waals surface area (Å²) in [5.41, 5.74) is 1.62. The molecule has 0 saturated carbocycles. The first-order valence-corrected chi connectivity index (χ1v) is 7.61. The lowest BCUT2D eigenvalue weighted by Gasteiger charge is -2.36. The number of hydrogen-bond donors (Lipinski definition) is 0. The van der Waals surface area contributed by atoms with Gasteiger partial charge in [-0.3, -0.25) is 4.79 Å². The largest absolute Gasteiger partial charge is 0.497 e. The molecule has 2 aromatic carbocycles. The molecular formula is C18H19FN2O2. The molecule has 0 aliphatic carbocycles. The Morgan fingerprint density at radius 2 is 1.74 bits per heavy atom. The summed E-state index contributed by atoms with van der Waals surface area (Å²) in [6.45, 7) is 2.77. The van der Waals surface area contributed by atoms with Gasteiger partial charge >= 0.3 is 0 Å². The van der Waals surface area contributed by atoms with E-state index in [0.717, 1.165) is 18.8 Å². The Bertz CT molecular complexity index is 680. The molecule has 1 saturated heterocycles. The van der Waals surface area contributed by atoms with Crippen LogP contribution in [0.1, 0.15) is 10.4 Å². The third-order valence-corrected chi connectivity index (χ3v) is 4.08. The zero-order valence-corrected chi connectivity index (χ0v) is 13.0. The molecular weight excluding hydrogens is 295 g/mol. The van der Waals surface area contributed by atoms with Crippen LogP contribution in [0.3, 0.4) is 0 Å². The highest BCUT2D eigenvalue weighted by atomic mass is 19.1. The van der Waals surface area contributed by atoms with Gasteiger partial charge in [-0.05, 0) is 42.5 Å². The van der Waals surface area contributed by atoms with Crippen LogP contribution in [0.2, 0.25) is 0 Å². The highest BCUT2D eigenvalue weighted by molar-refractivity contribution is 5.94. The molecule has 120 valence electrons. The van der Waals surface area contributed by atoms with Gasteiger partial charge < -0.3 is 14.5 Å². The Hall–Kier alpha value is -2.56. The van der Waals surface area contributed by atoms with Crippen LogP contribution in [0.5, 0.6) is 5.75 Å².